The minimum Gasteiger partial charge on any atom is -0.372 e. The van der Waals surface area contributed by atoms with Crippen molar-refractivity contribution in [3.63, 3.8) is 0 Å². The van der Waals surface area contributed by atoms with Gasteiger partial charge in [0.1, 0.15) is 11.2 Å². The van der Waals surface area contributed by atoms with Gasteiger partial charge in [-0.3, -0.25) is 15.2 Å². The Bertz CT molecular complexity index is 1180. The minimum absolute atomic E-state index is 0.207. The van der Waals surface area contributed by atoms with Gasteiger partial charge >= 0.3 is 0 Å². The van der Waals surface area contributed by atoms with Crippen LogP contribution in [-0.2, 0) is 18.4 Å². The Kier molecular flexibility index (Phi) is 8.18. The summed E-state index contributed by atoms with van der Waals surface area (Å²) in [7, 11) is 0. The molecule has 0 spiro atoms. The third-order valence-electron chi connectivity index (χ3n) is 7.79. The zero-order valence-electron chi connectivity index (χ0n) is 23.2. The number of benzene rings is 2. The lowest BCUT2D eigenvalue weighted by molar-refractivity contribution is 0.0890. The molecule has 196 valence electrons. The van der Waals surface area contributed by atoms with Gasteiger partial charge in [-0.25, -0.2) is 5.43 Å². The van der Waals surface area contributed by atoms with E-state index in [-0.39, 0.29) is 5.91 Å². The fourth-order valence-corrected chi connectivity index (χ4v) is 5.78. The Labute approximate surface area is 222 Å². The van der Waals surface area contributed by atoms with E-state index in [0.717, 1.165) is 55.7 Å². The average molecular weight is 500 g/mol. The molecule has 0 radical (unpaired) electrons. The van der Waals surface area contributed by atoms with Crippen molar-refractivity contribution in [2.24, 2.45) is 0 Å². The highest BCUT2D eigenvalue weighted by Gasteiger charge is 2.45. The Morgan fingerprint density at radius 1 is 0.730 bits per heavy atom. The van der Waals surface area contributed by atoms with Crippen molar-refractivity contribution in [3.05, 3.63) is 88.2 Å². The molecule has 0 unspecified atom stereocenters. The van der Waals surface area contributed by atoms with Gasteiger partial charge in [-0.05, 0) is 93.1 Å². The first-order chi connectivity index (χ1) is 18.0. The van der Waals surface area contributed by atoms with Crippen molar-refractivity contribution in [3.8, 4) is 0 Å². The van der Waals surface area contributed by atoms with Crippen LogP contribution in [0.25, 0.3) is 0 Å². The SMILES string of the molecule is CCc1cc(N(CC)CC)ccc1C1(c2ccc(N(CC)CC)cc2CC)NNC(=O)c2ncccc21. The van der Waals surface area contributed by atoms with Crippen LogP contribution < -0.4 is 20.7 Å². The number of hydrazine groups is 1. The lowest BCUT2D eigenvalue weighted by atomic mass is 9.72. The second kappa shape index (κ2) is 11.3. The predicted octanol–water partition coefficient (Wildman–Crippen LogP) is 5.44. The molecule has 0 saturated carbocycles. The molecule has 6 heteroatoms. The van der Waals surface area contributed by atoms with Gasteiger partial charge in [-0.1, -0.05) is 32.0 Å². The summed E-state index contributed by atoms with van der Waals surface area (Å²) in [5.41, 5.74) is 14.3. The first-order valence-electron chi connectivity index (χ1n) is 13.8. The van der Waals surface area contributed by atoms with E-state index < -0.39 is 5.54 Å². The van der Waals surface area contributed by atoms with E-state index in [2.05, 4.69) is 104 Å². The molecule has 4 rings (SSSR count). The van der Waals surface area contributed by atoms with Crippen LogP contribution in [0.4, 0.5) is 11.4 Å². The van der Waals surface area contributed by atoms with Crippen molar-refractivity contribution in [1.82, 2.24) is 15.8 Å². The maximum Gasteiger partial charge on any atom is 0.284 e. The highest BCUT2D eigenvalue weighted by molar-refractivity contribution is 5.96. The van der Waals surface area contributed by atoms with Crippen LogP contribution in [0.15, 0.2) is 54.7 Å². The maximum absolute atomic E-state index is 12.9. The summed E-state index contributed by atoms with van der Waals surface area (Å²) in [6.07, 6.45) is 3.44. The first-order valence-corrected chi connectivity index (χ1v) is 13.8. The van der Waals surface area contributed by atoms with Crippen molar-refractivity contribution >= 4 is 17.3 Å². The zero-order chi connectivity index (χ0) is 26.6. The molecule has 2 N–H and O–H groups in total. The van der Waals surface area contributed by atoms with E-state index in [0.29, 0.717) is 5.69 Å². The number of nitrogens with one attached hydrogen (secondary N) is 2. The van der Waals surface area contributed by atoms with Crippen LogP contribution >= 0.6 is 0 Å². The topological polar surface area (TPSA) is 60.5 Å². The van der Waals surface area contributed by atoms with Crippen LogP contribution in [0.5, 0.6) is 0 Å². The molecular weight excluding hydrogens is 458 g/mol. The number of carbonyl (C=O) groups excluding carboxylic acids is 1. The summed E-state index contributed by atoms with van der Waals surface area (Å²) >= 11 is 0. The van der Waals surface area contributed by atoms with E-state index in [4.69, 9.17) is 0 Å². The van der Waals surface area contributed by atoms with E-state index in [1.807, 2.05) is 12.1 Å². The van der Waals surface area contributed by atoms with Gasteiger partial charge in [0.2, 0.25) is 0 Å². The molecular formula is C31H41N5O. The number of hydrogen-bond donors (Lipinski definition) is 2. The average Bonchev–Trinajstić information content (AvgIpc) is 2.95. The first kappa shape index (κ1) is 26.7. The summed E-state index contributed by atoms with van der Waals surface area (Å²) in [4.78, 5) is 22.2. The van der Waals surface area contributed by atoms with Gasteiger partial charge in [-0.2, -0.15) is 0 Å². The minimum atomic E-state index is -0.766. The predicted molar refractivity (Wildman–Crippen MR) is 153 cm³/mol. The van der Waals surface area contributed by atoms with E-state index in [9.17, 15) is 4.79 Å². The molecule has 2 aromatic carbocycles. The van der Waals surface area contributed by atoms with Gasteiger partial charge in [0.25, 0.3) is 5.91 Å². The van der Waals surface area contributed by atoms with Crippen molar-refractivity contribution in [1.29, 1.82) is 0 Å². The fraction of sp³-hybridized carbons (Fsp3) is 0.419. The smallest absolute Gasteiger partial charge is 0.284 e. The molecule has 1 aromatic heterocycles. The van der Waals surface area contributed by atoms with Gasteiger partial charge in [0.05, 0.1) is 0 Å². The standard InChI is InChI=1S/C31H41N5O/c1-7-22-20-24(35(9-3)10-4)15-17-26(22)31(28-14-13-19-32-29(28)30(37)33-34-31)27-18-16-25(21-23(27)8-2)36(11-5)12-6/h13-21,34H,7-12H2,1-6H3,(H,33,37). The number of anilines is 2. The lowest BCUT2D eigenvalue weighted by Gasteiger charge is -2.43. The third kappa shape index (κ3) is 4.59. The van der Waals surface area contributed by atoms with Crippen LogP contribution in [-0.4, -0.2) is 37.1 Å². The summed E-state index contributed by atoms with van der Waals surface area (Å²) in [6.45, 7) is 17.0. The third-order valence-corrected chi connectivity index (χ3v) is 7.79. The number of hydrogen-bond acceptors (Lipinski definition) is 5. The van der Waals surface area contributed by atoms with Crippen LogP contribution in [0.1, 0.15) is 79.8 Å². The van der Waals surface area contributed by atoms with Gasteiger partial charge in [0, 0.05) is 49.3 Å². The molecule has 0 atom stereocenters. The molecule has 0 saturated heterocycles. The number of carbonyl (C=O) groups is 1. The molecule has 0 aliphatic carbocycles. The number of nitrogens with zero attached hydrogens (tertiary/aromatic N) is 3. The van der Waals surface area contributed by atoms with Crippen LogP contribution in [0.2, 0.25) is 0 Å². The Morgan fingerprint density at radius 3 is 1.70 bits per heavy atom. The molecule has 2 heterocycles. The largest absolute Gasteiger partial charge is 0.372 e. The summed E-state index contributed by atoms with van der Waals surface area (Å²) in [6, 6.07) is 17.5. The van der Waals surface area contributed by atoms with E-state index in [1.165, 1.54) is 22.5 Å². The number of amides is 1. The molecule has 0 fully saturated rings. The Hall–Kier alpha value is -3.38. The lowest BCUT2D eigenvalue weighted by Crippen LogP contribution is -2.59. The number of rotatable bonds is 10. The maximum atomic E-state index is 12.9. The van der Waals surface area contributed by atoms with Gasteiger partial charge in [-0.15, -0.1) is 0 Å². The summed E-state index contributed by atoms with van der Waals surface area (Å²) in [5.74, 6) is -0.207. The molecule has 1 aliphatic heterocycles. The van der Waals surface area contributed by atoms with Crippen LogP contribution in [0, 0.1) is 0 Å². The second-order valence-corrected chi connectivity index (χ2v) is 9.46. The van der Waals surface area contributed by atoms with Crippen molar-refractivity contribution < 1.29 is 4.79 Å². The summed E-state index contributed by atoms with van der Waals surface area (Å²) in [5, 5.41) is 0. The van der Waals surface area contributed by atoms with E-state index in [1.54, 1.807) is 6.20 Å². The number of aromatic nitrogens is 1. The molecule has 1 amide bonds. The van der Waals surface area contributed by atoms with E-state index >= 15 is 0 Å². The monoisotopic (exact) mass is 499 g/mol. The number of pyridine rings is 1. The molecule has 0 bridgehead atoms. The fourth-order valence-electron chi connectivity index (χ4n) is 5.78. The van der Waals surface area contributed by atoms with Gasteiger partial charge in [0.15, 0.2) is 0 Å². The molecule has 6 nitrogen and oxygen atoms in total. The highest BCUT2D eigenvalue weighted by atomic mass is 16.2. The Balaban J connectivity index is 2.04. The van der Waals surface area contributed by atoms with Crippen molar-refractivity contribution in [2.75, 3.05) is 36.0 Å². The highest BCUT2D eigenvalue weighted by Crippen LogP contribution is 2.44. The normalized spacial score (nSPS) is 14.2. The molecule has 37 heavy (non-hydrogen) atoms. The zero-order valence-corrected chi connectivity index (χ0v) is 23.2. The molecule has 3 aromatic rings. The number of aryl methyl sites for hydroxylation is 2. The second-order valence-electron chi connectivity index (χ2n) is 9.46. The van der Waals surface area contributed by atoms with Gasteiger partial charge < -0.3 is 9.80 Å². The quantitative estimate of drug-likeness (QED) is 0.389. The van der Waals surface area contributed by atoms with Crippen LogP contribution in [0.3, 0.4) is 0 Å². The summed E-state index contributed by atoms with van der Waals surface area (Å²) < 4.78 is 0. The number of fused-ring (bicyclic) bond motifs is 1. The van der Waals surface area contributed by atoms with Crippen molar-refractivity contribution in [2.45, 2.75) is 59.9 Å². The Morgan fingerprint density at radius 2 is 1.24 bits per heavy atom. The molecule has 1 aliphatic rings.